The minimum Gasteiger partial charge on any atom is -0.352 e. The summed E-state index contributed by atoms with van der Waals surface area (Å²) >= 11 is 11.8. The number of amides is 4. The van der Waals surface area contributed by atoms with E-state index in [-0.39, 0.29) is 16.3 Å². The molecule has 160 valence electrons. The number of rotatable bonds is 4. The normalized spacial score (nSPS) is 11.0. The fourth-order valence-corrected chi connectivity index (χ4v) is 2.94. The number of urea groups is 1. The number of hydrogen-bond donors (Lipinski definition) is 3. The van der Waals surface area contributed by atoms with E-state index >= 15 is 0 Å². The van der Waals surface area contributed by atoms with Crippen molar-refractivity contribution in [3.63, 3.8) is 0 Å². The predicted molar refractivity (Wildman–Crippen MR) is 105 cm³/mol. The molecule has 1 aromatic heterocycles. The first-order valence-corrected chi connectivity index (χ1v) is 9.13. The molecule has 12 heteroatoms. The van der Waals surface area contributed by atoms with Gasteiger partial charge in [0.05, 0.1) is 26.9 Å². The van der Waals surface area contributed by atoms with Crippen LogP contribution in [0.25, 0.3) is 0 Å². The van der Waals surface area contributed by atoms with Gasteiger partial charge < -0.3 is 10.6 Å². The number of aryl methyl sites for hydroxylation is 1. The molecule has 30 heavy (non-hydrogen) atoms. The lowest BCUT2D eigenvalue weighted by Crippen LogP contribution is -2.36. The van der Waals surface area contributed by atoms with Crippen LogP contribution in [0.5, 0.6) is 0 Å². The quantitative estimate of drug-likeness (QED) is 0.625. The van der Waals surface area contributed by atoms with Crippen LogP contribution >= 0.6 is 23.2 Å². The Morgan fingerprint density at radius 3 is 2.30 bits per heavy atom. The summed E-state index contributed by atoms with van der Waals surface area (Å²) in [4.78, 5) is 40.0. The zero-order valence-electron chi connectivity index (χ0n) is 15.6. The van der Waals surface area contributed by atoms with Gasteiger partial charge in [0, 0.05) is 12.7 Å². The first kappa shape index (κ1) is 23.4. The lowest BCUT2D eigenvalue weighted by molar-refractivity contribution is -0.137. The summed E-state index contributed by atoms with van der Waals surface area (Å²) in [5.74, 6) is -1.65. The topological polar surface area (TPSA) is 100 Å². The number of anilines is 1. The number of aromatic nitrogens is 1. The Balaban J connectivity index is 2.22. The molecule has 1 aromatic carbocycles. The summed E-state index contributed by atoms with van der Waals surface area (Å²) in [6.07, 6.45) is -4.27. The summed E-state index contributed by atoms with van der Waals surface area (Å²) in [5, 5.41) is 6.18. The van der Waals surface area contributed by atoms with Crippen molar-refractivity contribution in [2.45, 2.75) is 20.0 Å². The van der Waals surface area contributed by atoms with Crippen molar-refractivity contribution < 1.29 is 27.6 Å². The van der Waals surface area contributed by atoms with E-state index in [2.05, 4.69) is 15.6 Å². The first-order valence-electron chi connectivity index (χ1n) is 8.37. The highest BCUT2D eigenvalue weighted by atomic mass is 35.5. The van der Waals surface area contributed by atoms with Crippen LogP contribution in [-0.4, -0.2) is 29.4 Å². The van der Waals surface area contributed by atoms with Crippen LogP contribution in [0, 0.1) is 6.92 Å². The molecule has 2 aromatic rings. The standard InChI is InChI=1S/C18H15Cl2F3N4O3/c1-3-24-15(28)10-4-8(2)5-11(19)13(10)26-17(30)27-16(29)14-12(20)6-9(7-25-14)18(21,22)23/h4-7H,3H2,1-2H3,(H,24,28)(H2,26,27,29,30). The van der Waals surface area contributed by atoms with Crippen LogP contribution in [0.4, 0.5) is 23.7 Å². The summed E-state index contributed by atoms with van der Waals surface area (Å²) in [5.41, 5.74) is -1.06. The van der Waals surface area contributed by atoms with Gasteiger partial charge in [-0.1, -0.05) is 23.2 Å². The molecule has 0 saturated carbocycles. The second-order valence-corrected chi connectivity index (χ2v) is 6.80. The lowest BCUT2D eigenvalue weighted by atomic mass is 10.1. The molecule has 7 nitrogen and oxygen atoms in total. The van der Waals surface area contributed by atoms with E-state index in [4.69, 9.17) is 23.2 Å². The smallest absolute Gasteiger partial charge is 0.352 e. The van der Waals surface area contributed by atoms with Gasteiger partial charge in [-0.2, -0.15) is 13.2 Å². The predicted octanol–water partition coefficient (Wildman–Crippen LogP) is 4.43. The zero-order chi connectivity index (χ0) is 22.6. The van der Waals surface area contributed by atoms with Crippen molar-refractivity contribution in [2.24, 2.45) is 0 Å². The Bertz CT molecular complexity index is 1010. The van der Waals surface area contributed by atoms with E-state index < -0.39 is 40.3 Å². The first-order chi connectivity index (χ1) is 13.9. The molecule has 0 aliphatic carbocycles. The number of benzene rings is 1. The van der Waals surface area contributed by atoms with Crippen molar-refractivity contribution in [3.05, 3.63) is 56.8 Å². The number of pyridine rings is 1. The number of imide groups is 1. The molecule has 0 aliphatic heterocycles. The van der Waals surface area contributed by atoms with Gasteiger partial charge in [0.25, 0.3) is 11.8 Å². The molecule has 0 radical (unpaired) electrons. The maximum Gasteiger partial charge on any atom is 0.417 e. The molecule has 0 fully saturated rings. The number of hydrogen-bond acceptors (Lipinski definition) is 4. The van der Waals surface area contributed by atoms with Crippen LogP contribution in [0.15, 0.2) is 24.4 Å². The van der Waals surface area contributed by atoms with Crippen LogP contribution in [0.1, 0.15) is 38.9 Å². The van der Waals surface area contributed by atoms with E-state index in [9.17, 15) is 27.6 Å². The molecule has 3 N–H and O–H groups in total. The summed E-state index contributed by atoms with van der Waals surface area (Å²) in [6.45, 7) is 3.72. The molecule has 0 aliphatic rings. The summed E-state index contributed by atoms with van der Waals surface area (Å²) in [7, 11) is 0. The number of nitrogens with zero attached hydrogens (tertiary/aromatic N) is 1. The fourth-order valence-electron chi connectivity index (χ4n) is 2.37. The van der Waals surface area contributed by atoms with Gasteiger partial charge in [-0.25, -0.2) is 9.78 Å². The third kappa shape index (κ3) is 5.61. The van der Waals surface area contributed by atoms with E-state index in [0.29, 0.717) is 24.4 Å². The Morgan fingerprint density at radius 1 is 1.07 bits per heavy atom. The van der Waals surface area contributed by atoms with E-state index in [1.807, 2.05) is 5.32 Å². The van der Waals surface area contributed by atoms with Crippen LogP contribution in [0.3, 0.4) is 0 Å². The monoisotopic (exact) mass is 462 g/mol. The molecule has 0 unspecified atom stereocenters. The van der Waals surface area contributed by atoms with E-state index in [1.54, 1.807) is 13.8 Å². The van der Waals surface area contributed by atoms with Crippen LogP contribution in [-0.2, 0) is 6.18 Å². The molecule has 0 saturated heterocycles. The SMILES string of the molecule is CCNC(=O)c1cc(C)cc(Cl)c1NC(=O)NC(=O)c1ncc(C(F)(F)F)cc1Cl. The third-order valence-corrected chi connectivity index (χ3v) is 4.25. The van der Waals surface area contributed by atoms with Gasteiger partial charge in [-0.3, -0.25) is 14.9 Å². The fraction of sp³-hybridized carbons (Fsp3) is 0.222. The van der Waals surface area contributed by atoms with Gasteiger partial charge in [-0.05, 0) is 37.6 Å². The highest BCUT2D eigenvalue weighted by Gasteiger charge is 2.32. The second-order valence-electron chi connectivity index (χ2n) is 5.99. The average molecular weight is 463 g/mol. The van der Waals surface area contributed by atoms with Crippen molar-refractivity contribution in [1.29, 1.82) is 0 Å². The maximum absolute atomic E-state index is 12.7. The number of carbonyl (C=O) groups is 3. The highest BCUT2D eigenvalue weighted by Crippen LogP contribution is 2.31. The van der Waals surface area contributed by atoms with Gasteiger partial charge in [0.1, 0.15) is 5.69 Å². The van der Waals surface area contributed by atoms with Gasteiger partial charge in [0.15, 0.2) is 0 Å². The number of halogens is 5. The third-order valence-electron chi connectivity index (χ3n) is 3.67. The molecule has 0 spiro atoms. The highest BCUT2D eigenvalue weighted by molar-refractivity contribution is 6.35. The van der Waals surface area contributed by atoms with Gasteiger partial charge >= 0.3 is 12.2 Å². The van der Waals surface area contributed by atoms with Gasteiger partial charge in [0.2, 0.25) is 0 Å². The van der Waals surface area contributed by atoms with Crippen molar-refractivity contribution in [1.82, 2.24) is 15.6 Å². The Kier molecular flexibility index (Phi) is 7.27. The molecular weight excluding hydrogens is 448 g/mol. The zero-order valence-corrected chi connectivity index (χ0v) is 17.1. The number of nitrogens with one attached hydrogen (secondary N) is 3. The van der Waals surface area contributed by atoms with Gasteiger partial charge in [-0.15, -0.1) is 0 Å². The second kappa shape index (κ2) is 9.31. The minimum atomic E-state index is -4.69. The molecule has 1 heterocycles. The van der Waals surface area contributed by atoms with Crippen LogP contribution < -0.4 is 16.0 Å². The lowest BCUT2D eigenvalue weighted by Gasteiger charge is -2.14. The maximum atomic E-state index is 12.7. The van der Waals surface area contributed by atoms with E-state index in [0.717, 1.165) is 0 Å². The van der Waals surface area contributed by atoms with Crippen molar-refractivity contribution in [3.8, 4) is 0 Å². The summed E-state index contributed by atoms with van der Waals surface area (Å²) < 4.78 is 38.0. The molecule has 0 atom stereocenters. The average Bonchev–Trinajstić information content (AvgIpc) is 2.62. The minimum absolute atomic E-state index is 0.0459. The van der Waals surface area contributed by atoms with Crippen LogP contribution in [0.2, 0.25) is 10.0 Å². The Morgan fingerprint density at radius 2 is 1.73 bits per heavy atom. The Hall–Kier alpha value is -2.85. The molecule has 4 amide bonds. The Labute approximate surface area is 179 Å². The number of carbonyl (C=O) groups excluding carboxylic acids is 3. The largest absolute Gasteiger partial charge is 0.417 e. The molecular formula is C18H15Cl2F3N4O3. The van der Waals surface area contributed by atoms with Crippen molar-refractivity contribution in [2.75, 3.05) is 11.9 Å². The van der Waals surface area contributed by atoms with Crippen molar-refractivity contribution >= 4 is 46.7 Å². The molecule has 2 rings (SSSR count). The molecule has 0 bridgehead atoms. The number of alkyl halides is 3. The summed E-state index contributed by atoms with van der Waals surface area (Å²) in [6, 6.07) is 2.42. The van der Waals surface area contributed by atoms with E-state index in [1.165, 1.54) is 12.1 Å².